The molecular formula is C25H42O5. The molecule has 0 bridgehead atoms. The van der Waals surface area contributed by atoms with E-state index in [2.05, 4.69) is 18.6 Å². The van der Waals surface area contributed by atoms with Crippen molar-refractivity contribution >= 4 is 6.16 Å². The zero-order chi connectivity index (χ0) is 22.0. The van der Waals surface area contributed by atoms with E-state index in [1.54, 1.807) is 0 Å². The van der Waals surface area contributed by atoms with Crippen LogP contribution in [-0.4, -0.2) is 23.0 Å². The predicted octanol–water partition coefficient (Wildman–Crippen LogP) is 7.87. The Morgan fingerprint density at radius 2 is 1.33 bits per heavy atom. The quantitative estimate of drug-likeness (QED) is 0.143. The van der Waals surface area contributed by atoms with Crippen LogP contribution in [0.15, 0.2) is 12.1 Å². The van der Waals surface area contributed by atoms with Crippen molar-refractivity contribution < 1.29 is 24.5 Å². The lowest BCUT2D eigenvalue weighted by Gasteiger charge is -2.15. The van der Waals surface area contributed by atoms with Crippen molar-refractivity contribution in [1.82, 2.24) is 0 Å². The lowest BCUT2D eigenvalue weighted by molar-refractivity contribution is 0.142. The molecule has 0 radical (unpaired) electrons. The van der Waals surface area contributed by atoms with Crippen LogP contribution in [0.3, 0.4) is 0 Å². The smallest absolute Gasteiger partial charge is 0.502 e. The fourth-order valence-electron chi connectivity index (χ4n) is 3.64. The van der Waals surface area contributed by atoms with Crippen LogP contribution in [0, 0.1) is 0 Å². The Balaban J connectivity index is 2.54. The fourth-order valence-corrected chi connectivity index (χ4v) is 3.64. The number of benzene rings is 1. The predicted molar refractivity (Wildman–Crippen MR) is 122 cm³/mol. The second kappa shape index (κ2) is 16.8. The number of phenolic OH excluding ortho intramolecular Hbond substituents is 1. The maximum Gasteiger partial charge on any atom is 0.511 e. The van der Waals surface area contributed by atoms with Crippen LogP contribution in [0.2, 0.25) is 0 Å². The number of carboxylic acid groups (broad SMARTS) is 1. The largest absolute Gasteiger partial charge is 0.511 e. The van der Waals surface area contributed by atoms with Crippen LogP contribution in [0.4, 0.5) is 4.79 Å². The lowest BCUT2D eigenvalue weighted by atomic mass is 10.0. The molecule has 0 unspecified atom stereocenters. The highest BCUT2D eigenvalue weighted by molar-refractivity contribution is 5.65. The summed E-state index contributed by atoms with van der Waals surface area (Å²) in [5.74, 6) is 0.103. The van der Waals surface area contributed by atoms with E-state index in [4.69, 9.17) is 9.84 Å². The summed E-state index contributed by atoms with van der Waals surface area (Å²) >= 11 is 0. The highest BCUT2D eigenvalue weighted by Crippen LogP contribution is 2.40. The third-order valence-electron chi connectivity index (χ3n) is 5.42. The first-order valence-corrected chi connectivity index (χ1v) is 12.0. The Hall–Kier alpha value is -1.91. The molecule has 0 saturated carbocycles. The molecule has 1 aromatic carbocycles. The zero-order valence-electron chi connectivity index (χ0n) is 19.1. The summed E-state index contributed by atoms with van der Waals surface area (Å²) in [5, 5.41) is 19.4. The molecule has 1 rings (SSSR count). The molecule has 0 aliphatic rings. The van der Waals surface area contributed by atoms with E-state index in [1.807, 2.05) is 6.07 Å². The number of hydrogen-bond acceptors (Lipinski definition) is 4. The van der Waals surface area contributed by atoms with Gasteiger partial charge in [0.2, 0.25) is 5.75 Å². The first-order chi connectivity index (χ1) is 14.6. The third-order valence-corrected chi connectivity index (χ3v) is 5.42. The minimum absolute atomic E-state index is 0.0693. The van der Waals surface area contributed by atoms with Gasteiger partial charge in [-0.1, -0.05) is 97.0 Å². The van der Waals surface area contributed by atoms with Crippen LogP contribution in [-0.2, 0) is 6.42 Å². The summed E-state index contributed by atoms with van der Waals surface area (Å²) in [4.78, 5) is 10.9. The van der Waals surface area contributed by atoms with Gasteiger partial charge in [0.25, 0.3) is 0 Å². The second-order valence-corrected chi connectivity index (χ2v) is 8.11. The highest BCUT2D eigenvalue weighted by Gasteiger charge is 2.17. The van der Waals surface area contributed by atoms with Crippen LogP contribution in [0.25, 0.3) is 0 Å². The molecule has 30 heavy (non-hydrogen) atoms. The molecule has 5 heteroatoms. The molecule has 5 nitrogen and oxygen atoms in total. The minimum atomic E-state index is -1.44. The normalized spacial score (nSPS) is 10.9. The van der Waals surface area contributed by atoms with Crippen molar-refractivity contribution in [2.24, 2.45) is 0 Å². The summed E-state index contributed by atoms with van der Waals surface area (Å²) in [6.07, 6.45) is 16.2. The van der Waals surface area contributed by atoms with Crippen LogP contribution >= 0.6 is 0 Å². The van der Waals surface area contributed by atoms with Gasteiger partial charge in [0.15, 0.2) is 11.5 Å². The van der Waals surface area contributed by atoms with Crippen molar-refractivity contribution in [3.63, 3.8) is 0 Å². The summed E-state index contributed by atoms with van der Waals surface area (Å²) in [6.45, 7) is 4.95. The van der Waals surface area contributed by atoms with Gasteiger partial charge in [-0.05, 0) is 30.9 Å². The van der Waals surface area contributed by atoms with Crippen molar-refractivity contribution in [1.29, 1.82) is 0 Å². The summed E-state index contributed by atoms with van der Waals surface area (Å²) in [6, 6.07) is 3.33. The van der Waals surface area contributed by atoms with Gasteiger partial charge in [-0.15, -0.1) is 0 Å². The number of rotatable bonds is 18. The monoisotopic (exact) mass is 422 g/mol. The van der Waals surface area contributed by atoms with Crippen molar-refractivity contribution in [3.8, 4) is 17.2 Å². The maximum absolute atomic E-state index is 10.9. The molecule has 0 fully saturated rings. The van der Waals surface area contributed by atoms with Crippen LogP contribution < -0.4 is 9.47 Å². The Bertz CT molecular complexity index is 585. The van der Waals surface area contributed by atoms with Crippen molar-refractivity contribution in [2.75, 3.05) is 6.61 Å². The van der Waals surface area contributed by atoms with Gasteiger partial charge in [-0.25, -0.2) is 4.79 Å². The summed E-state index contributed by atoms with van der Waals surface area (Å²) in [5.41, 5.74) is 0.919. The zero-order valence-corrected chi connectivity index (χ0v) is 19.1. The Morgan fingerprint density at radius 1 is 0.800 bits per heavy atom. The fraction of sp³-hybridized carbons (Fsp3) is 0.720. The minimum Gasteiger partial charge on any atom is -0.502 e. The van der Waals surface area contributed by atoms with E-state index in [9.17, 15) is 9.90 Å². The molecule has 0 aliphatic heterocycles. The molecule has 0 aromatic heterocycles. The van der Waals surface area contributed by atoms with Gasteiger partial charge in [0.05, 0.1) is 6.61 Å². The van der Waals surface area contributed by atoms with Gasteiger partial charge >= 0.3 is 6.16 Å². The van der Waals surface area contributed by atoms with E-state index in [1.165, 1.54) is 70.3 Å². The first-order valence-electron chi connectivity index (χ1n) is 12.0. The third kappa shape index (κ3) is 11.3. The highest BCUT2D eigenvalue weighted by atomic mass is 16.7. The van der Waals surface area contributed by atoms with E-state index in [-0.39, 0.29) is 11.5 Å². The number of hydrogen-bond donors (Lipinski definition) is 2. The Labute approximate surface area is 182 Å². The Kier molecular flexibility index (Phi) is 14.7. The molecule has 0 spiro atoms. The van der Waals surface area contributed by atoms with Crippen molar-refractivity contribution in [2.45, 2.75) is 110 Å². The number of phenols is 1. The van der Waals surface area contributed by atoms with Gasteiger partial charge < -0.3 is 19.7 Å². The van der Waals surface area contributed by atoms with Gasteiger partial charge in [0.1, 0.15) is 0 Å². The van der Waals surface area contributed by atoms with Gasteiger partial charge in [0, 0.05) is 0 Å². The van der Waals surface area contributed by atoms with E-state index < -0.39 is 6.16 Å². The molecule has 172 valence electrons. The van der Waals surface area contributed by atoms with Crippen LogP contribution in [0.1, 0.15) is 109 Å². The first kappa shape index (κ1) is 26.1. The molecule has 0 saturated heterocycles. The number of unbranched alkanes of at least 4 members (excludes halogenated alkanes) is 12. The maximum atomic E-state index is 10.9. The molecule has 1 aromatic rings. The molecule has 0 heterocycles. The number of aromatic hydroxyl groups is 1. The van der Waals surface area contributed by atoms with Crippen LogP contribution in [0.5, 0.6) is 17.2 Å². The second-order valence-electron chi connectivity index (χ2n) is 8.11. The summed E-state index contributed by atoms with van der Waals surface area (Å²) in [7, 11) is 0. The van der Waals surface area contributed by atoms with E-state index >= 15 is 0 Å². The van der Waals surface area contributed by atoms with Gasteiger partial charge in [-0.3, -0.25) is 0 Å². The molecular weight excluding hydrogens is 380 g/mol. The lowest BCUT2D eigenvalue weighted by Crippen LogP contribution is -2.06. The van der Waals surface area contributed by atoms with Gasteiger partial charge in [-0.2, -0.15) is 0 Å². The van der Waals surface area contributed by atoms with E-state index in [0.29, 0.717) is 12.4 Å². The standard InChI is InChI=1S/C25H42O5/c1-3-5-7-9-11-12-13-15-17-21-18-19-22(30-25(27)28)23(26)24(21)29-20-16-14-10-8-6-4-2/h18-19,26H,3-17,20H2,1-2H3,(H,27,28). The topological polar surface area (TPSA) is 76.0 Å². The average molecular weight is 423 g/mol. The average Bonchev–Trinajstić information content (AvgIpc) is 2.72. The molecule has 0 aliphatic carbocycles. The molecule has 0 amide bonds. The molecule has 0 atom stereocenters. The SMILES string of the molecule is CCCCCCCCCCc1ccc(OC(=O)O)c(O)c1OCCCCCCCC. The van der Waals surface area contributed by atoms with Crippen molar-refractivity contribution in [3.05, 3.63) is 17.7 Å². The number of aryl methyl sites for hydroxylation is 1. The Morgan fingerprint density at radius 3 is 1.90 bits per heavy atom. The number of ether oxygens (including phenoxy) is 2. The number of carbonyl (C=O) groups is 1. The molecule has 2 N–H and O–H groups in total. The summed E-state index contributed by atoms with van der Waals surface area (Å²) < 4.78 is 10.6. The van der Waals surface area contributed by atoms with E-state index in [0.717, 1.165) is 37.7 Å².